The number of ether oxygens (including phenoxy) is 1. The smallest absolute Gasteiger partial charge is 0.251 e. The maximum Gasteiger partial charge on any atom is 0.251 e. The number of anilines is 1. The maximum absolute atomic E-state index is 12.2. The molecule has 0 atom stereocenters. The van der Waals surface area contributed by atoms with Crippen molar-refractivity contribution in [1.82, 2.24) is 10.2 Å². The summed E-state index contributed by atoms with van der Waals surface area (Å²) >= 11 is 0. The first-order valence-corrected chi connectivity index (χ1v) is 8.27. The Kier molecular flexibility index (Phi) is 5.46. The molecule has 1 heterocycles. The average Bonchev–Trinajstić information content (AvgIpc) is 2.63. The van der Waals surface area contributed by atoms with E-state index in [1.807, 2.05) is 48.5 Å². The molecule has 0 spiro atoms. The lowest BCUT2D eigenvalue weighted by Gasteiger charge is -2.26. The SMILES string of the molecule is Nc1ccc(-c2ccc(C(=O)NCCN3CCOCC3)cc2)cc1. The van der Waals surface area contributed by atoms with Crippen LogP contribution in [0.4, 0.5) is 5.69 Å². The number of nitrogens with one attached hydrogen (secondary N) is 1. The molecular weight excluding hydrogens is 302 g/mol. The van der Waals surface area contributed by atoms with E-state index in [4.69, 9.17) is 10.5 Å². The van der Waals surface area contributed by atoms with Crippen LogP contribution in [0.25, 0.3) is 11.1 Å². The number of hydrogen-bond acceptors (Lipinski definition) is 4. The molecule has 0 unspecified atom stereocenters. The first kappa shape index (κ1) is 16.5. The summed E-state index contributed by atoms with van der Waals surface area (Å²) in [6, 6.07) is 15.3. The minimum Gasteiger partial charge on any atom is -0.399 e. The zero-order valence-electron chi connectivity index (χ0n) is 13.7. The minimum atomic E-state index is -0.0351. The van der Waals surface area contributed by atoms with Crippen molar-refractivity contribution in [2.75, 3.05) is 45.1 Å². The standard InChI is InChI=1S/C19H23N3O2/c20-18-7-5-16(6-8-18)15-1-3-17(4-2-15)19(23)21-9-10-22-11-13-24-14-12-22/h1-8H,9-14,20H2,(H,21,23). The highest BCUT2D eigenvalue weighted by molar-refractivity contribution is 5.94. The lowest BCUT2D eigenvalue weighted by atomic mass is 10.0. The van der Waals surface area contributed by atoms with Gasteiger partial charge in [-0.15, -0.1) is 0 Å². The molecule has 0 aliphatic carbocycles. The molecule has 3 rings (SSSR count). The van der Waals surface area contributed by atoms with Crippen molar-refractivity contribution >= 4 is 11.6 Å². The molecule has 1 amide bonds. The van der Waals surface area contributed by atoms with Crippen LogP contribution in [-0.4, -0.2) is 50.2 Å². The van der Waals surface area contributed by atoms with Crippen LogP contribution >= 0.6 is 0 Å². The molecule has 1 saturated heterocycles. The second-order valence-electron chi connectivity index (χ2n) is 5.91. The molecule has 1 fully saturated rings. The van der Waals surface area contributed by atoms with Crippen LogP contribution < -0.4 is 11.1 Å². The number of carbonyl (C=O) groups excluding carboxylic acids is 1. The molecule has 5 nitrogen and oxygen atoms in total. The maximum atomic E-state index is 12.2. The topological polar surface area (TPSA) is 67.6 Å². The van der Waals surface area contributed by atoms with Gasteiger partial charge in [-0.3, -0.25) is 9.69 Å². The van der Waals surface area contributed by atoms with Crippen LogP contribution in [0.5, 0.6) is 0 Å². The summed E-state index contributed by atoms with van der Waals surface area (Å²) < 4.78 is 5.31. The average molecular weight is 325 g/mol. The van der Waals surface area contributed by atoms with Crippen molar-refractivity contribution in [3.05, 3.63) is 54.1 Å². The zero-order chi connectivity index (χ0) is 16.8. The van der Waals surface area contributed by atoms with Crippen molar-refractivity contribution in [3.63, 3.8) is 0 Å². The molecule has 5 heteroatoms. The molecule has 3 N–H and O–H groups in total. The van der Waals surface area contributed by atoms with E-state index in [1.165, 1.54) is 0 Å². The van der Waals surface area contributed by atoms with E-state index in [2.05, 4.69) is 10.2 Å². The molecule has 1 aliphatic rings. The second-order valence-corrected chi connectivity index (χ2v) is 5.91. The van der Waals surface area contributed by atoms with Crippen molar-refractivity contribution in [2.24, 2.45) is 0 Å². The Balaban J connectivity index is 1.52. The van der Waals surface area contributed by atoms with Crippen LogP contribution in [-0.2, 0) is 4.74 Å². The third kappa shape index (κ3) is 4.34. The number of benzene rings is 2. The third-order valence-electron chi connectivity index (χ3n) is 4.21. The molecule has 0 saturated carbocycles. The van der Waals surface area contributed by atoms with Gasteiger partial charge in [-0.1, -0.05) is 24.3 Å². The summed E-state index contributed by atoms with van der Waals surface area (Å²) in [5, 5.41) is 2.97. The summed E-state index contributed by atoms with van der Waals surface area (Å²) in [6.45, 7) is 4.94. The fourth-order valence-electron chi connectivity index (χ4n) is 2.74. The number of morpholine rings is 1. The number of hydrogen-bond donors (Lipinski definition) is 2. The fraction of sp³-hybridized carbons (Fsp3) is 0.316. The van der Waals surface area contributed by atoms with Gasteiger partial charge < -0.3 is 15.8 Å². The number of nitrogen functional groups attached to an aromatic ring is 1. The minimum absolute atomic E-state index is 0.0351. The molecular formula is C19H23N3O2. The molecule has 0 radical (unpaired) electrons. The number of carbonyl (C=O) groups is 1. The Morgan fingerprint density at radius 3 is 2.21 bits per heavy atom. The van der Waals surface area contributed by atoms with Crippen LogP contribution in [0, 0.1) is 0 Å². The van der Waals surface area contributed by atoms with E-state index in [1.54, 1.807) is 0 Å². The summed E-state index contributed by atoms with van der Waals surface area (Å²) in [7, 11) is 0. The number of nitrogens with zero attached hydrogens (tertiary/aromatic N) is 1. The molecule has 2 aromatic carbocycles. The van der Waals surface area contributed by atoms with Gasteiger partial charge in [-0.25, -0.2) is 0 Å². The summed E-state index contributed by atoms with van der Waals surface area (Å²) in [6.07, 6.45) is 0. The molecule has 126 valence electrons. The highest BCUT2D eigenvalue weighted by atomic mass is 16.5. The second kappa shape index (κ2) is 7.95. The van der Waals surface area contributed by atoms with E-state index in [-0.39, 0.29) is 5.91 Å². The zero-order valence-corrected chi connectivity index (χ0v) is 13.7. The van der Waals surface area contributed by atoms with Gasteiger partial charge in [0.1, 0.15) is 0 Å². The predicted molar refractivity (Wildman–Crippen MR) is 95.9 cm³/mol. The Morgan fingerprint density at radius 1 is 1.00 bits per heavy atom. The number of amides is 1. The Labute approximate surface area is 142 Å². The van der Waals surface area contributed by atoms with E-state index in [0.29, 0.717) is 12.1 Å². The lowest BCUT2D eigenvalue weighted by molar-refractivity contribution is 0.0383. The van der Waals surface area contributed by atoms with E-state index >= 15 is 0 Å². The monoisotopic (exact) mass is 325 g/mol. The summed E-state index contributed by atoms with van der Waals surface area (Å²) in [4.78, 5) is 14.5. The highest BCUT2D eigenvalue weighted by Gasteiger charge is 2.11. The summed E-state index contributed by atoms with van der Waals surface area (Å²) in [5.74, 6) is -0.0351. The van der Waals surface area contributed by atoms with E-state index in [0.717, 1.165) is 49.7 Å². The van der Waals surface area contributed by atoms with E-state index < -0.39 is 0 Å². The molecule has 24 heavy (non-hydrogen) atoms. The molecule has 0 aromatic heterocycles. The first-order valence-electron chi connectivity index (χ1n) is 8.27. The van der Waals surface area contributed by atoms with Gasteiger partial charge in [-0.05, 0) is 35.4 Å². The van der Waals surface area contributed by atoms with Crippen LogP contribution in [0.2, 0.25) is 0 Å². The Morgan fingerprint density at radius 2 is 1.58 bits per heavy atom. The predicted octanol–water partition coefficient (Wildman–Crippen LogP) is 2.00. The molecule has 1 aliphatic heterocycles. The van der Waals surface area contributed by atoms with Crippen molar-refractivity contribution < 1.29 is 9.53 Å². The Bertz CT molecular complexity index is 662. The number of rotatable bonds is 5. The normalized spacial score (nSPS) is 15.2. The molecule has 2 aromatic rings. The first-order chi connectivity index (χ1) is 11.7. The van der Waals surface area contributed by atoms with Crippen LogP contribution in [0.1, 0.15) is 10.4 Å². The van der Waals surface area contributed by atoms with E-state index in [9.17, 15) is 4.79 Å². The van der Waals surface area contributed by atoms with Gasteiger partial charge in [0.2, 0.25) is 0 Å². The fourth-order valence-corrected chi connectivity index (χ4v) is 2.74. The van der Waals surface area contributed by atoms with Crippen molar-refractivity contribution in [2.45, 2.75) is 0 Å². The number of nitrogens with two attached hydrogens (primary N) is 1. The lowest BCUT2D eigenvalue weighted by Crippen LogP contribution is -2.41. The van der Waals surface area contributed by atoms with Crippen molar-refractivity contribution in [1.29, 1.82) is 0 Å². The van der Waals surface area contributed by atoms with Gasteiger partial charge in [0.15, 0.2) is 0 Å². The quantitative estimate of drug-likeness (QED) is 0.825. The molecule has 0 bridgehead atoms. The van der Waals surface area contributed by atoms with Gasteiger partial charge in [0.25, 0.3) is 5.91 Å². The Hall–Kier alpha value is -2.37. The largest absolute Gasteiger partial charge is 0.399 e. The van der Waals surface area contributed by atoms with Gasteiger partial charge in [0.05, 0.1) is 13.2 Å². The van der Waals surface area contributed by atoms with Crippen molar-refractivity contribution in [3.8, 4) is 11.1 Å². The highest BCUT2D eigenvalue weighted by Crippen LogP contribution is 2.20. The van der Waals surface area contributed by atoms with Gasteiger partial charge >= 0.3 is 0 Å². The van der Waals surface area contributed by atoms with Crippen LogP contribution in [0.3, 0.4) is 0 Å². The van der Waals surface area contributed by atoms with Gasteiger partial charge in [0, 0.05) is 37.4 Å². The van der Waals surface area contributed by atoms with Gasteiger partial charge in [-0.2, -0.15) is 0 Å². The van der Waals surface area contributed by atoms with Crippen LogP contribution in [0.15, 0.2) is 48.5 Å². The summed E-state index contributed by atoms with van der Waals surface area (Å²) in [5.41, 5.74) is 9.28. The third-order valence-corrected chi connectivity index (χ3v) is 4.21.